The van der Waals surface area contributed by atoms with Gasteiger partial charge < -0.3 is 15.2 Å². The third kappa shape index (κ3) is 4.37. The van der Waals surface area contributed by atoms with Crippen LogP contribution in [0.2, 0.25) is 0 Å². The van der Waals surface area contributed by atoms with Gasteiger partial charge in [0.1, 0.15) is 0 Å². The quantitative estimate of drug-likeness (QED) is 0.352. The van der Waals surface area contributed by atoms with Gasteiger partial charge in [0.25, 0.3) is 0 Å². The van der Waals surface area contributed by atoms with Crippen LogP contribution < -0.4 is 10.6 Å². The van der Waals surface area contributed by atoms with Gasteiger partial charge >= 0.3 is 0 Å². The van der Waals surface area contributed by atoms with E-state index in [2.05, 4.69) is 10.6 Å². The van der Waals surface area contributed by atoms with Crippen molar-refractivity contribution >= 4 is 11.8 Å². The van der Waals surface area contributed by atoms with Crippen LogP contribution in [-0.2, 0) is 14.3 Å². The van der Waals surface area contributed by atoms with Crippen LogP contribution in [0, 0.1) is 0 Å². The van der Waals surface area contributed by atoms with Crippen molar-refractivity contribution in [3.8, 4) is 0 Å². The standard InChI is InChI=1S/C9H16N2O4/c12-3-5-15-4-1-2-10-7-6-8(13)11-9(7)14/h7,10,12H,1-6H2,(H,11,13,14). The fraction of sp³-hybridized carbons (Fsp3) is 0.778. The Hall–Kier alpha value is -0.980. The summed E-state index contributed by atoms with van der Waals surface area (Å²) in [6.07, 6.45) is 0.967. The lowest BCUT2D eigenvalue weighted by Crippen LogP contribution is -2.37. The first-order valence-corrected chi connectivity index (χ1v) is 4.99. The second-order valence-electron chi connectivity index (χ2n) is 3.31. The number of amides is 2. The number of aliphatic hydroxyl groups excluding tert-OH is 1. The van der Waals surface area contributed by atoms with Crippen molar-refractivity contribution < 1.29 is 19.4 Å². The largest absolute Gasteiger partial charge is 0.394 e. The highest BCUT2D eigenvalue weighted by Gasteiger charge is 2.29. The number of ether oxygens (including phenoxy) is 1. The molecule has 1 unspecified atom stereocenters. The minimum absolute atomic E-state index is 0.0208. The summed E-state index contributed by atoms with van der Waals surface area (Å²) in [5.41, 5.74) is 0. The first kappa shape index (κ1) is 12.1. The van der Waals surface area contributed by atoms with Gasteiger partial charge in [0.05, 0.1) is 25.7 Å². The molecule has 15 heavy (non-hydrogen) atoms. The van der Waals surface area contributed by atoms with Crippen molar-refractivity contribution in [1.82, 2.24) is 10.6 Å². The van der Waals surface area contributed by atoms with Crippen LogP contribution in [0.4, 0.5) is 0 Å². The minimum atomic E-state index is -0.393. The van der Waals surface area contributed by atoms with E-state index in [0.717, 1.165) is 6.42 Å². The average Bonchev–Trinajstić information content (AvgIpc) is 2.51. The molecule has 2 amide bonds. The molecule has 0 aromatic heterocycles. The monoisotopic (exact) mass is 216 g/mol. The zero-order chi connectivity index (χ0) is 11.1. The van der Waals surface area contributed by atoms with E-state index in [-0.39, 0.29) is 24.8 Å². The average molecular weight is 216 g/mol. The SMILES string of the molecule is O=C1CC(NCCCOCCO)C(=O)N1. The van der Waals surface area contributed by atoms with Gasteiger partial charge in [0, 0.05) is 6.61 Å². The maximum absolute atomic E-state index is 11.1. The predicted molar refractivity (Wildman–Crippen MR) is 52.1 cm³/mol. The van der Waals surface area contributed by atoms with Gasteiger partial charge in [-0.2, -0.15) is 0 Å². The van der Waals surface area contributed by atoms with Gasteiger partial charge in [0.15, 0.2) is 0 Å². The number of hydrogen-bond donors (Lipinski definition) is 3. The molecule has 0 spiro atoms. The highest BCUT2D eigenvalue weighted by molar-refractivity contribution is 6.05. The third-order valence-corrected chi connectivity index (χ3v) is 2.06. The van der Waals surface area contributed by atoms with Crippen LogP contribution in [0.5, 0.6) is 0 Å². The van der Waals surface area contributed by atoms with E-state index in [1.54, 1.807) is 0 Å². The Morgan fingerprint density at radius 1 is 1.47 bits per heavy atom. The molecule has 1 rings (SSSR count). The number of carbonyl (C=O) groups is 2. The molecular formula is C9H16N2O4. The van der Waals surface area contributed by atoms with Crippen molar-refractivity contribution in [1.29, 1.82) is 0 Å². The Morgan fingerprint density at radius 2 is 2.27 bits per heavy atom. The van der Waals surface area contributed by atoms with Gasteiger partial charge in [-0.05, 0) is 13.0 Å². The Kier molecular flexibility index (Phi) is 5.23. The number of aliphatic hydroxyl groups is 1. The number of nitrogens with one attached hydrogen (secondary N) is 2. The summed E-state index contributed by atoms with van der Waals surface area (Å²) in [5, 5.41) is 13.6. The lowest BCUT2D eigenvalue weighted by molar-refractivity contribution is -0.125. The van der Waals surface area contributed by atoms with E-state index in [1.165, 1.54) is 0 Å². The van der Waals surface area contributed by atoms with Crippen LogP contribution >= 0.6 is 0 Å². The Labute approximate surface area is 88.0 Å². The molecule has 0 aromatic rings. The molecule has 1 aliphatic heterocycles. The summed E-state index contributed by atoms with van der Waals surface area (Å²) >= 11 is 0. The van der Waals surface area contributed by atoms with Crippen molar-refractivity contribution in [2.24, 2.45) is 0 Å². The molecule has 1 saturated heterocycles. The van der Waals surface area contributed by atoms with Crippen LogP contribution in [0.25, 0.3) is 0 Å². The first-order valence-electron chi connectivity index (χ1n) is 4.99. The normalized spacial score (nSPS) is 20.7. The van der Waals surface area contributed by atoms with E-state index < -0.39 is 6.04 Å². The van der Waals surface area contributed by atoms with E-state index >= 15 is 0 Å². The molecule has 0 aromatic carbocycles. The van der Waals surface area contributed by atoms with E-state index in [0.29, 0.717) is 19.8 Å². The van der Waals surface area contributed by atoms with Crippen LogP contribution in [0.15, 0.2) is 0 Å². The Balaban J connectivity index is 2.00. The summed E-state index contributed by atoms with van der Waals surface area (Å²) < 4.78 is 5.04. The maximum Gasteiger partial charge on any atom is 0.244 e. The zero-order valence-electron chi connectivity index (χ0n) is 8.49. The highest BCUT2D eigenvalue weighted by atomic mass is 16.5. The van der Waals surface area contributed by atoms with Crippen LogP contribution in [-0.4, -0.2) is 49.3 Å². The molecule has 6 nitrogen and oxygen atoms in total. The van der Waals surface area contributed by atoms with Gasteiger partial charge in [-0.1, -0.05) is 0 Å². The molecule has 0 aliphatic carbocycles. The van der Waals surface area contributed by atoms with Crippen LogP contribution in [0.1, 0.15) is 12.8 Å². The molecule has 6 heteroatoms. The van der Waals surface area contributed by atoms with Crippen LogP contribution in [0.3, 0.4) is 0 Å². The van der Waals surface area contributed by atoms with E-state index in [1.807, 2.05) is 0 Å². The van der Waals surface area contributed by atoms with E-state index in [4.69, 9.17) is 9.84 Å². The molecule has 1 aliphatic rings. The fourth-order valence-electron chi connectivity index (χ4n) is 1.34. The maximum atomic E-state index is 11.1. The first-order chi connectivity index (χ1) is 7.24. The lowest BCUT2D eigenvalue weighted by Gasteiger charge is -2.08. The molecule has 1 heterocycles. The second kappa shape index (κ2) is 6.49. The third-order valence-electron chi connectivity index (χ3n) is 2.06. The topological polar surface area (TPSA) is 87.7 Å². The van der Waals surface area contributed by atoms with Crippen molar-refractivity contribution in [2.45, 2.75) is 18.9 Å². The van der Waals surface area contributed by atoms with E-state index in [9.17, 15) is 9.59 Å². The number of hydrogen-bond acceptors (Lipinski definition) is 5. The highest BCUT2D eigenvalue weighted by Crippen LogP contribution is 2.00. The molecule has 86 valence electrons. The van der Waals surface area contributed by atoms with Gasteiger partial charge in [-0.15, -0.1) is 0 Å². The molecule has 0 bridgehead atoms. The molecule has 1 fully saturated rings. The number of carbonyl (C=O) groups excluding carboxylic acids is 2. The summed E-state index contributed by atoms with van der Waals surface area (Å²) in [4.78, 5) is 21.9. The van der Waals surface area contributed by atoms with Crippen molar-refractivity contribution in [2.75, 3.05) is 26.4 Å². The summed E-state index contributed by atoms with van der Waals surface area (Å²) in [7, 11) is 0. The second-order valence-corrected chi connectivity index (χ2v) is 3.31. The van der Waals surface area contributed by atoms with Gasteiger partial charge in [-0.25, -0.2) is 0 Å². The smallest absolute Gasteiger partial charge is 0.244 e. The van der Waals surface area contributed by atoms with Gasteiger partial charge in [0.2, 0.25) is 11.8 Å². The number of rotatable bonds is 7. The lowest BCUT2D eigenvalue weighted by atomic mass is 10.2. The van der Waals surface area contributed by atoms with Crippen molar-refractivity contribution in [3.05, 3.63) is 0 Å². The molecule has 0 radical (unpaired) electrons. The summed E-state index contributed by atoms with van der Waals surface area (Å²) in [5.74, 6) is -0.481. The molecule has 0 saturated carbocycles. The Bertz CT molecular complexity index is 232. The molecule has 3 N–H and O–H groups in total. The predicted octanol–water partition coefficient (Wildman–Crippen LogP) is -1.61. The number of imide groups is 1. The van der Waals surface area contributed by atoms with Gasteiger partial charge in [-0.3, -0.25) is 14.9 Å². The summed E-state index contributed by atoms with van der Waals surface area (Å²) in [6, 6.07) is -0.393. The molecular weight excluding hydrogens is 200 g/mol. The molecule has 1 atom stereocenters. The fourth-order valence-corrected chi connectivity index (χ4v) is 1.34. The Morgan fingerprint density at radius 3 is 2.87 bits per heavy atom. The summed E-state index contributed by atoms with van der Waals surface area (Å²) in [6.45, 7) is 1.52. The minimum Gasteiger partial charge on any atom is -0.394 e. The zero-order valence-corrected chi connectivity index (χ0v) is 8.49. The van der Waals surface area contributed by atoms with Crippen molar-refractivity contribution in [3.63, 3.8) is 0 Å².